The van der Waals surface area contributed by atoms with Gasteiger partial charge >= 0.3 is 0 Å². The number of aryl methyl sites for hydroxylation is 1. The Morgan fingerprint density at radius 1 is 1.00 bits per heavy atom. The molecule has 160 valence electrons. The van der Waals surface area contributed by atoms with Gasteiger partial charge in [-0.25, -0.2) is 9.37 Å². The van der Waals surface area contributed by atoms with E-state index in [0.717, 1.165) is 0 Å². The fourth-order valence-electron chi connectivity index (χ4n) is 3.16. The third-order valence-corrected chi connectivity index (χ3v) is 5.02. The molecular formula is C25H18ClFN2O3. The number of halogens is 2. The Balaban J connectivity index is 1.43. The van der Waals surface area contributed by atoms with Gasteiger partial charge in [0.25, 0.3) is 0 Å². The molecule has 3 aromatic carbocycles. The van der Waals surface area contributed by atoms with Crippen LogP contribution in [0, 0.1) is 5.82 Å². The second-order valence-electron chi connectivity index (χ2n) is 7.06. The van der Waals surface area contributed by atoms with Crippen molar-refractivity contribution in [3.8, 4) is 11.3 Å². The molecule has 1 amide bonds. The van der Waals surface area contributed by atoms with Gasteiger partial charge in [0.15, 0.2) is 17.4 Å². The molecule has 4 aromatic rings. The van der Waals surface area contributed by atoms with E-state index in [4.69, 9.17) is 16.0 Å². The van der Waals surface area contributed by atoms with Gasteiger partial charge in [-0.1, -0.05) is 41.9 Å². The van der Waals surface area contributed by atoms with E-state index in [1.807, 2.05) is 6.07 Å². The number of amides is 1. The molecule has 0 aliphatic rings. The predicted octanol–water partition coefficient (Wildman–Crippen LogP) is 5.94. The topological polar surface area (TPSA) is 72.2 Å². The lowest BCUT2D eigenvalue weighted by atomic mass is 10.0. The molecule has 0 aliphatic carbocycles. The van der Waals surface area contributed by atoms with Crippen LogP contribution in [-0.2, 0) is 11.2 Å². The van der Waals surface area contributed by atoms with Gasteiger partial charge in [-0.05, 0) is 42.5 Å². The summed E-state index contributed by atoms with van der Waals surface area (Å²) in [6.45, 7) is 0. The minimum absolute atomic E-state index is 0.102. The minimum atomic E-state index is -0.336. The molecule has 0 aliphatic heterocycles. The quantitative estimate of drug-likeness (QED) is 0.355. The number of nitrogens with one attached hydrogen (secondary N) is 1. The Morgan fingerprint density at radius 3 is 2.50 bits per heavy atom. The molecule has 0 spiro atoms. The number of ketones is 1. The van der Waals surface area contributed by atoms with Crippen LogP contribution in [-0.4, -0.2) is 16.7 Å². The molecule has 4 rings (SSSR count). The molecule has 1 aromatic heterocycles. The molecule has 32 heavy (non-hydrogen) atoms. The first-order chi connectivity index (χ1) is 15.5. The molecular weight excluding hydrogens is 431 g/mol. The van der Waals surface area contributed by atoms with Gasteiger partial charge in [-0.3, -0.25) is 9.59 Å². The lowest BCUT2D eigenvalue weighted by Crippen LogP contribution is -2.15. The number of nitrogens with zero attached hydrogens (tertiary/aromatic N) is 1. The molecule has 1 N–H and O–H groups in total. The summed E-state index contributed by atoms with van der Waals surface area (Å²) in [5.74, 6) is 0.0125. The van der Waals surface area contributed by atoms with E-state index < -0.39 is 0 Å². The van der Waals surface area contributed by atoms with Crippen molar-refractivity contribution in [1.29, 1.82) is 0 Å². The molecule has 0 unspecified atom stereocenters. The van der Waals surface area contributed by atoms with Crippen molar-refractivity contribution in [1.82, 2.24) is 4.98 Å². The lowest BCUT2D eigenvalue weighted by molar-refractivity contribution is -0.116. The van der Waals surface area contributed by atoms with Crippen molar-refractivity contribution >= 4 is 29.0 Å². The van der Waals surface area contributed by atoms with Crippen molar-refractivity contribution in [2.24, 2.45) is 0 Å². The first kappa shape index (κ1) is 21.5. The Labute approximate surface area is 188 Å². The Bertz CT molecular complexity index is 1250. The molecule has 5 nitrogen and oxygen atoms in total. The van der Waals surface area contributed by atoms with Crippen LogP contribution in [0.4, 0.5) is 10.1 Å². The largest absolute Gasteiger partial charge is 0.441 e. The second kappa shape index (κ2) is 9.58. The summed E-state index contributed by atoms with van der Waals surface area (Å²) in [5.41, 5.74) is 1.89. The molecule has 0 atom stereocenters. The van der Waals surface area contributed by atoms with Crippen LogP contribution >= 0.6 is 11.6 Å². The molecule has 0 fully saturated rings. The Morgan fingerprint density at radius 2 is 1.75 bits per heavy atom. The first-order valence-corrected chi connectivity index (χ1v) is 10.3. The monoisotopic (exact) mass is 448 g/mol. The Kier molecular flexibility index (Phi) is 6.42. The molecule has 0 bridgehead atoms. The average Bonchev–Trinajstić information content (AvgIpc) is 3.28. The molecule has 0 radical (unpaired) electrons. The van der Waals surface area contributed by atoms with Gasteiger partial charge in [0.1, 0.15) is 5.82 Å². The van der Waals surface area contributed by atoms with E-state index in [2.05, 4.69) is 10.3 Å². The number of benzene rings is 3. The van der Waals surface area contributed by atoms with E-state index in [0.29, 0.717) is 39.1 Å². The zero-order valence-corrected chi connectivity index (χ0v) is 17.6. The highest BCUT2D eigenvalue weighted by molar-refractivity contribution is 6.31. The highest BCUT2D eigenvalue weighted by Gasteiger charge is 2.16. The number of hydrogen-bond donors (Lipinski definition) is 1. The number of carbonyl (C=O) groups excluding carboxylic acids is 2. The van der Waals surface area contributed by atoms with Crippen molar-refractivity contribution in [3.63, 3.8) is 0 Å². The average molecular weight is 449 g/mol. The fraction of sp³-hybridized carbons (Fsp3) is 0.0800. The predicted molar refractivity (Wildman–Crippen MR) is 120 cm³/mol. The van der Waals surface area contributed by atoms with Crippen LogP contribution in [0.1, 0.15) is 28.2 Å². The third-order valence-electron chi connectivity index (χ3n) is 4.78. The summed E-state index contributed by atoms with van der Waals surface area (Å²) in [4.78, 5) is 29.6. The van der Waals surface area contributed by atoms with Crippen molar-refractivity contribution in [3.05, 3.63) is 107 Å². The van der Waals surface area contributed by atoms with E-state index in [-0.39, 0.29) is 30.3 Å². The van der Waals surface area contributed by atoms with E-state index in [1.54, 1.807) is 48.5 Å². The van der Waals surface area contributed by atoms with Gasteiger partial charge in [0.2, 0.25) is 5.91 Å². The summed E-state index contributed by atoms with van der Waals surface area (Å²) in [7, 11) is 0. The van der Waals surface area contributed by atoms with Crippen LogP contribution < -0.4 is 5.32 Å². The van der Waals surface area contributed by atoms with Gasteiger partial charge in [0.05, 0.1) is 11.9 Å². The van der Waals surface area contributed by atoms with Crippen LogP contribution in [0.5, 0.6) is 0 Å². The van der Waals surface area contributed by atoms with E-state index in [9.17, 15) is 14.0 Å². The summed E-state index contributed by atoms with van der Waals surface area (Å²) in [6, 6.07) is 19.4. The standard InChI is InChI=1S/C25H18ClFN2O3/c26-18-8-11-21(20(14-18)25(31)17-4-2-1-3-5-17)29-23(30)12-13-24-28-15-22(32-24)16-6-9-19(27)10-7-16/h1-11,14-15H,12-13H2,(H,29,30). The highest BCUT2D eigenvalue weighted by Crippen LogP contribution is 2.25. The zero-order chi connectivity index (χ0) is 22.5. The number of oxazole rings is 1. The van der Waals surface area contributed by atoms with Crippen LogP contribution in [0.15, 0.2) is 83.4 Å². The molecule has 0 saturated carbocycles. The molecule has 1 heterocycles. The SMILES string of the molecule is O=C(CCc1ncc(-c2ccc(F)cc2)o1)Nc1ccc(Cl)cc1C(=O)c1ccccc1. The van der Waals surface area contributed by atoms with Crippen molar-refractivity contribution in [2.75, 3.05) is 5.32 Å². The maximum atomic E-state index is 13.1. The van der Waals surface area contributed by atoms with Crippen molar-refractivity contribution < 1.29 is 18.4 Å². The van der Waals surface area contributed by atoms with Gasteiger partial charge < -0.3 is 9.73 Å². The van der Waals surface area contributed by atoms with Crippen LogP contribution in [0.3, 0.4) is 0 Å². The Hall–Kier alpha value is -3.77. The smallest absolute Gasteiger partial charge is 0.224 e. The number of carbonyl (C=O) groups is 2. The van der Waals surface area contributed by atoms with Gasteiger partial charge in [-0.2, -0.15) is 0 Å². The van der Waals surface area contributed by atoms with Crippen LogP contribution in [0.25, 0.3) is 11.3 Å². The van der Waals surface area contributed by atoms with Gasteiger partial charge in [0, 0.05) is 34.6 Å². The maximum Gasteiger partial charge on any atom is 0.224 e. The van der Waals surface area contributed by atoms with Crippen LogP contribution in [0.2, 0.25) is 5.02 Å². The summed E-state index contributed by atoms with van der Waals surface area (Å²) >= 11 is 6.08. The van der Waals surface area contributed by atoms with Crippen molar-refractivity contribution in [2.45, 2.75) is 12.8 Å². The molecule has 0 saturated heterocycles. The summed E-state index contributed by atoms with van der Waals surface area (Å²) in [6.07, 6.45) is 1.91. The zero-order valence-electron chi connectivity index (χ0n) is 16.8. The number of anilines is 1. The number of aromatic nitrogens is 1. The highest BCUT2D eigenvalue weighted by atomic mass is 35.5. The number of rotatable bonds is 7. The van der Waals surface area contributed by atoms with Gasteiger partial charge in [-0.15, -0.1) is 0 Å². The first-order valence-electron chi connectivity index (χ1n) is 9.89. The molecule has 7 heteroatoms. The third kappa shape index (κ3) is 5.10. The van der Waals surface area contributed by atoms with E-state index in [1.165, 1.54) is 24.4 Å². The summed E-state index contributed by atoms with van der Waals surface area (Å²) < 4.78 is 18.7. The normalized spacial score (nSPS) is 10.7. The van der Waals surface area contributed by atoms with E-state index >= 15 is 0 Å². The fourth-order valence-corrected chi connectivity index (χ4v) is 3.34. The minimum Gasteiger partial charge on any atom is -0.441 e. The maximum absolute atomic E-state index is 13.1. The number of hydrogen-bond acceptors (Lipinski definition) is 4. The second-order valence-corrected chi connectivity index (χ2v) is 7.49. The lowest BCUT2D eigenvalue weighted by Gasteiger charge is -2.11. The summed E-state index contributed by atoms with van der Waals surface area (Å²) in [5, 5.41) is 3.17.